The Labute approximate surface area is 209 Å². The number of nitrogens with zero attached hydrogens (tertiary/aromatic N) is 1. The van der Waals surface area contributed by atoms with E-state index in [1.165, 1.54) is 0 Å². The maximum absolute atomic E-state index is 13.0. The predicted molar refractivity (Wildman–Crippen MR) is 138 cm³/mol. The van der Waals surface area contributed by atoms with E-state index in [2.05, 4.69) is 5.32 Å². The first-order valence-corrected chi connectivity index (χ1v) is 12.0. The monoisotopic (exact) mass is 500 g/mol. The van der Waals surface area contributed by atoms with Gasteiger partial charge in [0.15, 0.2) is 0 Å². The zero-order chi connectivity index (χ0) is 25.4. The molecule has 1 saturated heterocycles. The first kappa shape index (κ1) is 25.8. The summed E-state index contributed by atoms with van der Waals surface area (Å²) in [4.78, 5) is 39.0. The van der Waals surface area contributed by atoms with E-state index in [1.54, 1.807) is 30.3 Å². The number of nitrogens with one attached hydrogen (secondary N) is 1. The third kappa shape index (κ3) is 5.83. The van der Waals surface area contributed by atoms with E-state index < -0.39 is 17.1 Å². The molecule has 34 heavy (non-hydrogen) atoms. The van der Waals surface area contributed by atoms with E-state index in [-0.39, 0.29) is 28.0 Å². The van der Waals surface area contributed by atoms with Crippen LogP contribution in [0, 0.1) is 0 Å². The molecule has 2 N–H and O–H groups in total. The van der Waals surface area contributed by atoms with Crippen LogP contribution in [0.3, 0.4) is 0 Å². The van der Waals surface area contributed by atoms with Gasteiger partial charge in [-0.05, 0) is 70.6 Å². The predicted octanol–water partition coefficient (Wildman–Crippen LogP) is 6.32. The lowest BCUT2D eigenvalue weighted by Gasteiger charge is -2.28. The van der Waals surface area contributed by atoms with Crippen molar-refractivity contribution in [2.45, 2.75) is 52.4 Å². The van der Waals surface area contributed by atoms with Gasteiger partial charge < -0.3 is 10.4 Å². The van der Waals surface area contributed by atoms with Crippen molar-refractivity contribution in [2.24, 2.45) is 0 Å². The number of rotatable bonds is 4. The fourth-order valence-corrected chi connectivity index (χ4v) is 4.51. The molecule has 6 nitrogen and oxygen atoms in total. The molecule has 0 unspecified atom stereocenters. The minimum Gasteiger partial charge on any atom is -0.507 e. The van der Waals surface area contributed by atoms with Crippen LogP contribution in [-0.2, 0) is 20.4 Å². The molecule has 0 atom stereocenters. The van der Waals surface area contributed by atoms with E-state index in [0.717, 1.165) is 27.8 Å². The summed E-state index contributed by atoms with van der Waals surface area (Å²) in [5, 5.41) is 13.6. The van der Waals surface area contributed by atoms with Gasteiger partial charge in [0.2, 0.25) is 5.91 Å². The minimum atomic E-state index is -0.524. The molecule has 3 rings (SSSR count). The van der Waals surface area contributed by atoms with Crippen LogP contribution in [-0.4, -0.2) is 33.6 Å². The number of carbonyl (C=O) groups excluding carboxylic acids is 3. The highest BCUT2D eigenvalue weighted by molar-refractivity contribution is 8.18. The number of aromatic hydroxyl groups is 1. The number of halogens is 1. The van der Waals surface area contributed by atoms with Gasteiger partial charge in [-0.1, -0.05) is 53.1 Å². The van der Waals surface area contributed by atoms with Gasteiger partial charge in [0.05, 0.1) is 4.91 Å². The molecule has 2 aromatic rings. The summed E-state index contributed by atoms with van der Waals surface area (Å²) >= 11 is 6.65. The molecule has 0 aromatic heterocycles. The maximum Gasteiger partial charge on any atom is 0.294 e. The average molecular weight is 501 g/mol. The zero-order valence-electron chi connectivity index (χ0n) is 20.2. The fraction of sp³-hybridized carbons (Fsp3) is 0.346. The first-order valence-electron chi connectivity index (χ1n) is 10.9. The molecule has 1 heterocycles. The van der Waals surface area contributed by atoms with Crippen molar-refractivity contribution in [1.82, 2.24) is 4.90 Å². The van der Waals surface area contributed by atoms with Crippen molar-refractivity contribution in [1.29, 1.82) is 0 Å². The zero-order valence-corrected chi connectivity index (χ0v) is 21.7. The average Bonchev–Trinajstić information content (AvgIpc) is 2.96. The molecule has 0 radical (unpaired) electrons. The molecule has 0 spiro atoms. The van der Waals surface area contributed by atoms with Crippen molar-refractivity contribution in [3.05, 3.63) is 63.0 Å². The summed E-state index contributed by atoms with van der Waals surface area (Å²) in [7, 11) is 0. The topological polar surface area (TPSA) is 86.7 Å². The van der Waals surface area contributed by atoms with Crippen LogP contribution in [0.2, 0.25) is 5.02 Å². The van der Waals surface area contributed by atoms with Crippen molar-refractivity contribution < 1.29 is 19.5 Å². The molecule has 180 valence electrons. The molecule has 0 saturated carbocycles. The van der Waals surface area contributed by atoms with Crippen LogP contribution in [0.5, 0.6) is 5.75 Å². The Kier molecular flexibility index (Phi) is 7.20. The Bertz CT molecular complexity index is 1140. The number of amides is 3. The van der Waals surface area contributed by atoms with Gasteiger partial charge >= 0.3 is 0 Å². The van der Waals surface area contributed by atoms with Crippen LogP contribution >= 0.6 is 23.4 Å². The molecular weight excluding hydrogens is 472 g/mol. The Balaban J connectivity index is 1.87. The lowest BCUT2D eigenvalue weighted by molar-refractivity contribution is -0.127. The maximum atomic E-state index is 13.0. The summed E-state index contributed by atoms with van der Waals surface area (Å²) < 4.78 is 0. The molecule has 1 aliphatic rings. The van der Waals surface area contributed by atoms with Crippen molar-refractivity contribution in [3.63, 3.8) is 0 Å². The van der Waals surface area contributed by atoms with Crippen LogP contribution in [0.25, 0.3) is 6.08 Å². The number of benzene rings is 2. The number of thioether (sulfide) groups is 1. The minimum absolute atomic E-state index is 0.231. The Morgan fingerprint density at radius 1 is 1.03 bits per heavy atom. The van der Waals surface area contributed by atoms with E-state index in [0.29, 0.717) is 16.3 Å². The number of hydrogen-bond acceptors (Lipinski definition) is 5. The third-order valence-corrected chi connectivity index (χ3v) is 6.51. The Hall–Kier alpha value is -2.77. The highest BCUT2D eigenvalue weighted by Crippen LogP contribution is 2.41. The van der Waals surface area contributed by atoms with Crippen LogP contribution in [0.4, 0.5) is 10.5 Å². The van der Waals surface area contributed by atoms with E-state index in [9.17, 15) is 19.5 Å². The largest absolute Gasteiger partial charge is 0.507 e. The standard InChI is InChI=1S/C26H29ClN2O4S/c1-25(2,3)18-11-15(12-19(22(18)31)26(4,5)6)13-20-23(32)29(24(33)34-20)14-21(30)28-17-9-7-16(27)8-10-17/h7-13,31H,14H2,1-6H3,(H,28,30)/b20-13-. The van der Waals surface area contributed by atoms with Gasteiger partial charge in [0, 0.05) is 21.8 Å². The molecule has 3 amide bonds. The molecule has 8 heteroatoms. The van der Waals surface area contributed by atoms with E-state index >= 15 is 0 Å². The smallest absolute Gasteiger partial charge is 0.294 e. The highest BCUT2D eigenvalue weighted by Gasteiger charge is 2.36. The lowest BCUT2D eigenvalue weighted by Crippen LogP contribution is -2.36. The molecule has 0 aliphatic carbocycles. The van der Waals surface area contributed by atoms with Crippen molar-refractivity contribution in [3.8, 4) is 5.75 Å². The second-order valence-electron chi connectivity index (χ2n) is 10.3. The van der Waals surface area contributed by atoms with Crippen LogP contribution in [0.15, 0.2) is 41.3 Å². The van der Waals surface area contributed by atoms with Crippen LogP contribution < -0.4 is 5.32 Å². The fourth-order valence-electron chi connectivity index (χ4n) is 3.55. The molecule has 1 fully saturated rings. The van der Waals surface area contributed by atoms with Crippen molar-refractivity contribution >= 4 is 52.2 Å². The molecule has 2 aromatic carbocycles. The second kappa shape index (κ2) is 9.47. The molecular formula is C26H29ClN2O4S. The number of carbonyl (C=O) groups is 3. The quantitative estimate of drug-likeness (QED) is 0.480. The van der Waals surface area contributed by atoms with Gasteiger partial charge in [-0.15, -0.1) is 0 Å². The number of hydrogen-bond donors (Lipinski definition) is 2. The summed E-state index contributed by atoms with van der Waals surface area (Å²) in [5.74, 6) is -0.770. The summed E-state index contributed by atoms with van der Waals surface area (Å²) in [6.45, 7) is 11.6. The van der Waals surface area contributed by atoms with E-state index in [1.807, 2.05) is 53.7 Å². The van der Waals surface area contributed by atoms with Crippen LogP contribution in [0.1, 0.15) is 58.2 Å². The van der Waals surface area contributed by atoms with Crippen molar-refractivity contribution in [2.75, 3.05) is 11.9 Å². The van der Waals surface area contributed by atoms with Gasteiger partial charge in [0.25, 0.3) is 11.1 Å². The number of anilines is 1. The third-order valence-electron chi connectivity index (χ3n) is 5.35. The SMILES string of the molecule is CC(C)(C)c1cc(/C=C2\SC(=O)N(CC(=O)Nc3ccc(Cl)cc3)C2=O)cc(C(C)(C)C)c1O. The summed E-state index contributed by atoms with van der Waals surface area (Å²) in [6, 6.07) is 10.2. The number of phenols is 1. The van der Waals surface area contributed by atoms with Gasteiger partial charge in [0.1, 0.15) is 12.3 Å². The second-order valence-corrected chi connectivity index (χ2v) is 11.7. The van der Waals surface area contributed by atoms with Gasteiger partial charge in [-0.25, -0.2) is 0 Å². The highest BCUT2D eigenvalue weighted by atomic mass is 35.5. The summed E-state index contributed by atoms with van der Waals surface area (Å²) in [6.07, 6.45) is 1.64. The first-order chi connectivity index (χ1) is 15.7. The molecule has 1 aliphatic heterocycles. The number of phenolic OH excluding ortho intramolecular Hbond substituents is 1. The Morgan fingerprint density at radius 3 is 2.06 bits per heavy atom. The number of imide groups is 1. The van der Waals surface area contributed by atoms with Gasteiger partial charge in [-0.3, -0.25) is 19.3 Å². The molecule has 0 bridgehead atoms. The van der Waals surface area contributed by atoms with E-state index in [4.69, 9.17) is 11.6 Å². The van der Waals surface area contributed by atoms with Gasteiger partial charge in [-0.2, -0.15) is 0 Å². The Morgan fingerprint density at radius 2 is 1.56 bits per heavy atom. The summed E-state index contributed by atoms with van der Waals surface area (Å²) in [5.41, 5.74) is 2.09. The lowest BCUT2D eigenvalue weighted by atomic mass is 9.78. The normalized spacial score (nSPS) is 15.9.